The van der Waals surface area contributed by atoms with E-state index in [0.717, 1.165) is 0 Å². The number of rotatable bonds is 4. The van der Waals surface area contributed by atoms with Crippen LogP contribution in [0.3, 0.4) is 0 Å². The predicted molar refractivity (Wildman–Crippen MR) is 39.3 cm³/mol. The van der Waals surface area contributed by atoms with Gasteiger partial charge in [0, 0.05) is 12.1 Å². The molecule has 0 amide bonds. The maximum atomic E-state index is 9.11. The number of hydrogen-bond donors (Lipinski definition) is 4. The molecule has 0 rings (SSSR count). The lowest BCUT2D eigenvalue weighted by Gasteiger charge is -2.21. The van der Waals surface area contributed by atoms with E-state index in [1.165, 1.54) is 0 Å². The van der Waals surface area contributed by atoms with Gasteiger partial charge in [-0.05, 0) is 6.42 Å². The van der Waals surface area contributed by atoms with Gasteiger partial charge in [0.2, 0.25) is 0 Å². The van der Waals surface area contributed by atoms with E-state index in [0.29, 0.717) is 6.42 Å². The number of nitrogens with two attached hydrogens (primary N) is 2. The maximum absolute atomic E-state index is 9.11. The van der Waals surface area contributed by atoms with Crippen LogP contribution >= 0.6 is 0 Å². The Kier molecular flexibility index (Phi) is 4.55. The lowest BCUT2D eigenvalue weighted by molar-refractivity contribution is 0.112. The first kappa shape index (κ1) is 9.84. The van der Waals surface area contributed by atoms with Gasteiger partial charge in [0.1, 0.15) is 0 Å². The van der Waals surface area contributed by atoms with E-state index in [9.17, 15) is 0 Å². The summed E-state index contributed by atoms with van der Waals surface area (Å²) in [5.74, 6) is 0. The first-order chi connectivity index (χ1) is 4.63. The molecular formula is C6H16N2O2. The molecular weight excluding hydrogens is 132 g/mol. The fourth-order valence-electron chi connectivity index (χ4n) is 0.679. The average molecular weight is 148 g/mol. The molecule has 0 spiro atoms. The largest absolute Gasteiger partial charge is 0.395 e. The van der Waals surface area contributed by atoms with Gasteiger partial charge in [-0.1, -0.05) is 6.92 Å². The van der Waals surface area contributed by atoms with Crippen molar-refractivity contribution in [1.29, 1.82) is 0 Å². The molecule has 0 heterocycles. The second kappa shape index (κ2) is 4.62. The van der Waals surface area contributed by atoms with E-state index in [4.69, 9.17) is 21.7 Å². The minimum absolute atomic E-state index is 0.182. The number of hydrogen-bond acceptors (Lipinski definition) is 4. The Hall–Kier alpha value is -0.160. The van der Waals surface area contributed by atoms with Gasteiger partial charge in [0.25, 0.3) is 0 Å². The molecule has 4 heteroatoms. The van der Waals surface area contributed by atoms with E-state index in [2.05, 4.69) is 0 Å². The zero-order chi connectivity index (χ0) is 8.15. The van der Waals surface area contributed by atoms with E-state index in [-0.39, 0.29) is 6.61 Å². The van der Waals surface area contributed by atoms with Gasteiger partial charge in [0.15, 0.2) is 0 Å². The Morgan fingerprint density at radius 1 is 1.40 bits per heavy atom. The first-order valence-electron chi connectivity index (χ1n) is 3.43. The lowest BCUT2D eigenvalue weighted by atomic mass is 10.0. The van der Waals surface area contributed by atoms with Crippen LogP contribution < -0.4 is 11.5 Å². The van der Waals surface area contributed by atoms with E-state index >= 15 is 0 Å². The molecule has 4 nitrogen and oxygen atoms in total. The van der Waals surface area contributed by atoms with E-state index in [1.807, 2.05) is 6.92 Å². The SMILES string of the molecule is CCC(O)C(N)C(N)CO. The van der Waals surface area contributed by atoms with Crippen molar-refractivity contribution in [1.82, 2.24) is 0 Å². The average Bonchev–Trinajstić information content (AvgIpc) is 2.00. The van der Waals surface area contributed by atoms with Gasteiger partial charge in [-0.2, -0.15) is 0 Å². The Labute approximate surface area is 60.8 Å². The molecule has 0 bridgehead atoms. The molecule has 0 aliphatic rings. The molecule has 0 radical (unpaired) electrons. The van der Waals surface area contributed by atoms with Crippen LogP contribution in [0.15, 0.2) is 0 Å². The molecule has 6 N–H and O–H groups in total. The summed E-state index contributed by atoms with van der Waals surface area (Å²) < 4.78 is 0. The first-order valence-corrected chi connectivity index (χ1v) is 3.43. The molecule has 0 fully saturated rings. The summed E-state index contributed by atoms with van der Waals surface area (Å²) in [5.41, 5.74) is 10.8. The Bertz CT molecular complexity index is 79.8. The summed E-state index contributed by atoms with van der Waals surface area (Å²) in [6.45, 7) is 1.63. The van der Waals surface area contributed by atoms with Crippen LogP contribution in [-0.2, 0) is 0 Å². The zero-order valence-corrected chi connectivity index (χ0v) is 6.20. The fourth-order valence-corrected chi connectivity index (χ4v) is 0.679. The van der Waals surface area contributed by atoms with Crippen LogP contribution in [0, 0.1) is 0 Å². The van der Waals surface area contributed by atoms with E-state index in [1.54, 1.807) is 0 Å². The standard InChI is InChI=1S/C6H16N2O2/c1-2-5(10)6(8)4(7)3-9/h4-6,9-10H,2-3,7-8H2,1H3. The van der Waals surface area contributed by atoms with Crippen molar-refractivity contribution in [2.75, 3.05) is 6.61 Å². The monoisotopic (exact) mass is 148 g/mol. The molecule has 0 aliphatic carbocycles. The van der Waals surface area contributed by atoms with Crippen LogP contribution in [0.4, 0.5) is 0 Å². The van der Waals surface area contributed by atoms with Gasteiger partial charge in [-0.15, -0.1) is 0 Å². The summed E-state index contributed by atoms with van der Waals surface area (Å²) in [4.78, 5) is 0. The lowest BCUT2D eigenvalue weighted by Crippen LogP contribution is -2.50. The normalized spacial score (nSPS) is 20.1. The molecule has 3 atom stereocenters. The molecule has 0 aromatic carbocycles. The molecule has 62 valence electrons. The van der Waals surface area contributed by atoms with Gasteiger partial charge in [-0.25, -0.2) is 0 Å². The van der Waals surface area contributed by atoms with Gasteiger partial charge in [0.05, 0.1) is 12.7 Å². The second-order valence-corrected chi connectivity index (χ2v) is 2.40. The predicted octanol–water partition coefficient (Wildman–Crippen LogP) is -1.60. The molecule has 10 heavy (non-hydrogen) atoms. The summed E-state index contributed by atoms with van der Waals surface area (Å²) in [6.07, 6.45) is -0.0448. The van der Waals surface area contributed by atoms with Crippen LogP contribution in [-0.4, -0.2) is 35.0 Å². The number of aliphatic hydroxyl groups excluding tert-OH is 2. The van der Waals surface area contributed by atoms with Crippen molar-refractivity contribution in [3.8, 4) is 0 Å². The Morgan fingerprint density at radius 3 is 2.20 bits per heavy atom. The summed E-state index contributed by atoms with van der Waals surface area (Å²) in [6, 6.07) is -1.04. The molecule has 3 unspecified atom stereocenters. The Balaban J connectivity index is 3.69. The van der Waals surface area contributed by atoms with Gasteiger partial charge < -0.3 is 21.7 Å². The highest BCUT2D eigenvalue weighted by atomic mass is 16.3. The topological polar surface area (TPSA) is 92.5 Å². The minimum Gasteiger partial charge on any atom is -0.395 e. The minimum atomic E-state index is -0.609. The maximum Gasteiger partial charge on any atom is 0.0704 e. The molecule has 0 aliphatic heterocycles. The van der Waals surface area contributed by atoms with Crippen molar-refractivity contribution in [2.24, 2.45) is 11.5 Å². The Morgan fingerprint density at radius 2 is 1.90 bits per heavy atom. The van der Waals surface area contributed by atoms with Crippen molar-refractivity contribution < 1.29 is 10.2 Å². The highest BCUT2D eigenvalue weighted by molar-refractivity contribution is 4.80. The highest BCUT2D eigenvalue weighted by Crippen LogP contribution is 1.98. The van der Waals surface area contributed by atoms with Crippen LogP contribution in [0.25, 0.3) is 0 Å². The highest BCUT2D eigenvalue weighted by Gasteiger charge is 2.18. The molecule has 0 aromatic heterocycles. The zero-order valence-electron chi connectivity index (χ0n) is 6.20. The summed E-state index contributed by atoms with van der Waals surface area (Å²) in [7, 11) is 0. The van der Waals surface area contributed by atoms with Gasteiger partial charge >= 0.3 is 0 Å². The van der Waals surface area contributed by atoms with Crippen molar-refractivity contribution in [2.45, 2.75) is 31.5 Å². The molecule has 0 saturated carbocycles. The van der Waals surface area contributed by atoms with Crippen LogP contribution in [0.1, 0.15) is 13.3 Å². The third kappa shape index (κ3) is 2.62. The van der Waals surface area contributed by atoms with Crippen LogP contribution in [0.5, 0.6) is 0 Å². The third-order valence-electron chi connectivity index (χ3n) is 1.57. The van der Waals surface area contributed by atoms with Crippen LogP contribution in [0.2, 0.25) is 0 Å². The quantitative estimate of drug-likeness (QED) is 0.386. The fraction of sp³-hybridized carbons (Fsp3) is 1.00. The van der Waals surface area contributed by atoms with Crippen molar-refractivity contribution in [3.63, 3.8) is 0 Å². The second-order valence-electron chi connectivity index (χ2n) is 2.40. The summed E-state index contributed by atoms with van der Waals surface area (Å²) in [5, 5.41) is 17.6. The summed E-state index contributed by atoms with van der Waals surface area (Å²) >= 11 is 0. The smallest absolute Gasteiger partial charge is 0.0704 e. The van der Waals surface area contributed by atoms with Gasteiger partial charge in [-0.3, -0.25) is 0 Å². The number of aliphatic hydroxyl groups is 2. The third-order valence-corrected chi connectivity index (χ3v) is 1.57. The van der Waals surface area contributed by atoms with E-state index < -0.39 is 18.2 Å². The molecule has 0 aromatic rings. The molecule has 0 saturated heterocycles. The van der Waals surface area contributed by atoms with Crippen molar-refractivity contribution >= 4 is 0 Å². The van der Waals surface area contributed by atoms with Crippen molar-refractivity contribution in [3.05, 3.63) is 0 Å².